The molecule has 1 aliphatic rings. The Hall–Kier alpha value is -3.25. The summed E-state index contributed by atoms with van der Waals surface area (Å²) >= 11 is 0. The molecule has 6 heteroatoms. The number of aromatic nitrogens is 2. The van der Waals surface area contributed by atoms with Gasteiger partial charge in [-0.3, -0.25) is 9.69 Å². The third-order valence-corrected chi connectivity index (χ3v) is 6.55. The van der Waals surface area contributed by atoms with E-state index >= 15 is 0 Å². The molecule has 0 N–H and O–H groups in total. The van der Waals surface area contributed by atoms with Crippen molar-refractivity contribution in [2.24, 2.45) is 0 Å². The van der Waals surface area contributed by atoms with Crippen LogP contribution in [-0.4, -0.2) is 60.0 Å². The Morgan fingerprint density at radius 3 is 2.68 bits per heavy atom. The molecule has 1 amide bonds. The molecule has 2 heterocycles. The Kier molecular flexibility index (Phi) is 6.98. The topological polar surface area (TPSA) is 58.6 Å². The minimum absolute atomic E-state index is 0.0869. The largest absolute Gasteiger partial charge is 0.496 e. The summed E-state index contributed by atoms with van der Waals surface area (Å²) in [6.07, 6.45) is 2.07. The standard InChI is InChI=1S/C28H34N4O2/c1-20-16-24(26(33)31(3)4)30-27(29-20)28(2)14-9-15-32(19-28)18-21-10-8-11-22(17-21)23-12-6-7-13-25(23)34-5/h6-8,10-13,16-17H,9,14-15,18-19H2,1-5H3/t28-/m1/s1. The summed E-state index contributed by atoms with van der Waals surface area (Å²) in [6, 6.07) is 18.6. The van der Waals surface area contributed by atoms with Gasteiger partial charge in [0.25, 0.3) is 5.91 Å². The minimum Gasteiger partial charge on any atom is -0.496 e. The summed E-state index contributed by atoms with van der Waals surface area (Å²) in [7, 11) is 5.22. The number of nitrogens with zero attached hydrogens (tertiary/aromatic N) is 4. The molecule has 1 fully saturated rings. The van der Waals surface area contributed by atoms with E-state index in [0.717, 1.165) is 60.9 Å². The lowest BCUT2D eigenvalue weighted by atomic mass is 9.80. The lowest BCUT2D eigenvalue weighted by molar-refractivity contribution is 0.0820. The summed E-state index contributed by atoms with van der Waals surface area (Å²) in [5.41, 5.74) is 4.62. The molecule has 6 nitrogen and oxygen atoms in total. The Morgan fingerprint density at radius 1 is 1.12 bits per heavy atom. The van der Waals surface area contributed by atoms with Gasteiger partial charge in [-0.25, -0.2) is 9.97 Å². The van der Waals surface area contributed by atoms with Crippen molar-refractivity contribution in [3.63, 3.8) is 0 Å². The van der Waals surface area contributed by atoms with Crippen molar-refractivity contribution in [2.45, 2.75) is 38.6 Å². The van der Waals surface area contributed by atoms with Gasteiger partial charge >= 0.3 is 0 Å². The third-order valence-electron chi connectivity index (χ3n) is 6.55. The van der Waals surface area contributed by atoms with Crippen LogP contribution in [0.4, 0.5) is 0 Å². The zero-order chi connectivity index (χ0) is 24.3. The smallest absolute Gasteiger partial charge is 0.272 e. The molecule has 0 saturated carbocycles. The number of rotatable bonds is 6. The number of benzene rings is 2. The van der Waals surface area contributed by atoms with Crippen LogP contribution < -0.4 is 4.74 Å². The van der Waals surface area contributed by atoms with Crippen LogP contribution in [0.15, 0.2) is 54.6 Å². The first kappa shape index (κ1) is 23.9. The Morgan fingerprint density at radius 2 is 1.91 bits per heavy atom. The highest BCUT2D eigenvalue weighted by Gasteiger charge is 2.36. The van der Waals surface area contributed by atoms with Crippen molar-refractivity contribution in [2.75, 3.05) is 34.3 Å². The van der Waals surface area contributed by atoms with E-state index in [2.05, 4.69) is 42.2 Å². The van der Waals surface area contributed by atoms with Crippen molar-refractivity contribution in [3.05, 3.63) is 77.4 Å². The minimum atomic E-state index is -0.203. The molecule has 2 aromatic carbocycles. The van der Waals surface area contributed by atoms with E-state index in [1.165, 1.54) is 5.56 Å². The first-order valence-electron chi connectivity index (χ1n) is 11.8. The number of methoxy groups -OCH3 is 1. The lowest BCUT2D eigenvalue weighted by Gasteiger charge is -2.39. The maximum Gasteiger partial charge on any atom is 0.272 e. The normalized spacial score (nSPS) is 18.5. The first-order chi connectivity index (χ1) is 16.3. The fourth-order valence-corrected chi connectivity index (χ4v) is 4.82. The molecule has 1 atom stereocenters. The summed E-state index contributed by atoms with van der Waals surface area (Å²) in [5, 5.41) is 0. The number of piperidine rings is 1. The van der Waals surface area contributed by atoms with Crippen molar-refractivity contribution in [1.29, 1.82) is 0 Å². The van der Waals surface area contributed by atoms with E-state index in [9.17, 15) is 4.79 Å². The number of hydrogen-bond donors (Lipinski definition) is 0. The number of ether oxygens (including phenoxy) is 1. The number of para-hydroxylation sites is 1. The van der Waals surface area contributed by atoms with E-state index in [0.29, 0.717) is 5.69 Å². The molecule has 0 bridgehead atoms. The predicted molar refractivity (Wildman–Crippen MR) is 135 cm³/mol. The number of amides is 1. The van der Waals surface area contributed by atoms with E-state index in [-0.39, 0.29) is 11.3 Å². The zero-order valence-electron chi connectivity index (χ0n) is 20.8. The maximum atomic E-state index is 12.6. The average molecular weight is 459 g/mol. The maximum absolute atomic E-state index is 12.6. The van der Waals surface area contributed by atoms with Crippen LogP contribution in [0.3, 0.4) is 0 Å². The summed E-state index contributed by atoms with van der Waals surface area (Å²) in [6.45, 7) is 6.90. The van der Waals surface area contributed by atoms with Gasteiger partial charge in [0.2, 0.25) is 0 Å². The molecule has 0 aliphatic carbocycles. The van der Waals surface area contributed by atoms with Gasteiger partial charge in [-0.15, -0.1) is 0 Å². The molecular weight excluding hydrogens is 424 g/mol. The first-order valence-corrected chi connectivity index (χ1v) is 11.8. The van der Waals surface area contributed by atoms with E-state index < -0.39 is 0 Å². The van der Waals surface area contributed by atoms with Crippen molar-refractivity contribution in [1.82, 2.24) is 19.8 Å². The van der Waals surface area contributed by atoms with Crippen LogP contribution >= 0.6 is 0 Å². The molecule has 178 valence electrons. The highest BCUT2D eigenvalue weighted by atomic mass is 16.5. The second-order valence-corrected chi connectivity index (χ2v) is 9.69. The number of carbonyl (C=O) groups is 1. The molecule has 0 radical (unpaired) electrons. The van der Waals surface area contributed by atoms with Gasteiger partial charge in [0, 0.05) is 43.9 Å². The fraction of sp³-hybridized carbons (Fsp3) is 0.393. The quantitative estimate of drug-likeness (QED) is 0.535. The number of hydrogen-bond acceptors (Lipinski definition) is 5. The fourth-order valence-electron chi connectivity index (χ4n) is 4.82. The number of carbonyl (C=O) groups excluding carboxylic acids is 1. The van der Waals surface area contributed by atoms with Crippen LogP contribution in [0, 0.1) is 6.92 Å². The van der Waals surface area contributed by atoms with Crippen LogP contribution in [0.2, 0.25) is 0 Å². The SMILES string of the molecule is COc1ccccc1-c1cccc(CN2CCC[C@@](C)(c3nc(C)cc(C(=O)N(C)C)n3)C2)c1. The van der Waals surface area contributed by atoms with Gasteiger partial charge in [0.05, 0.1) is 7.11 Å². The second kappa shape index (κ2) is 9.94. The molecular formula is C28H34N4O2. The summed E-state index contributed by atoms with van der Waals surface area (Å²) in [5.74, 6) is 1.56. The number of likely N-dealkylation sites (tertiary alicyclic amines) is 1. The third kappa shape index (κ3) is 5.12. The summed E-state index contributed by atoms with van der Waals surface area (Å²) < 4.78 is 5.57. The molecule has 1 aliphatic heterocycles. The molecule has 4 rings (SSSR count). The molecule has 1 aromatic heterocycles. The number of aryl methyl sites for hydroxylation is 1. The van der Waals surface area contributed by atoms with Gasteiger partial charge in [-0.05, 0) is 55.6 Å². The molecule has 1 saturated heterocycles. The van der Waals surface area contributed by atoms with Gasteiger partial charge in [0.1, 0.15) is 17.3 Å². The van der Waals surface area contributed by atoms with Crippen LogP contribution in [0.5, 0.6) is 5.75 Å². The van der Waals surface area contributed by atoms with Crippen molar-refractivity contribution >= 4 is 5.91 Å². The molecule has 0 spiro atoms. The van der Waals surface area contributed by atoms with Crippen LogP contribution in [0.1, 0.15) is 47.3 Å². The molecule has 3 aromatic rings. The predicted octanol–water partition coefficient (Wildman–Crippen LogP) is 4.72. The van der Waals surface area contributed by atoms with Crippen LogP contribution in [0.25, 0.3) is 11.1 Å². The molecule has 34 heavy (non-hydrogen) atoms. The summed E-state index contributed by atoms with van der Waals surface area (Å²) in [4.78, 5) is 26.1. The van der Waals surface area contributed by atoms with Gasteiger partial charge in [-0.1, -0.05) is 43.3 Å². The Balaban J connectivity index is 1.56. The van der Waals surface area contributed by atoms with E-state index in [4.69, 9.17) is 14.7 Å². The van der Waals surface area contributed by atoms with Gasteiger partial charge < -0.3 is 9.64 Å². The zero-order valence-corrected chi connectivity index (χ0v) is 20.8. The second-order valence-electron chi connectivity index (χ2n) is 9.69. The molecule has 0 unspecified atom stereocenters. The monoisotopic (exact) mass is 458 g/mol. The lowest BCUT2D eigenvalue weighted by Crippen LogP contribution is -2.45. The highest BCUT2D eigenvalue weighted by Crippen LogP contribution is 2.34. The van der Waals surface area contributed by atoms with Crippen LogP contribution in [-0.2, 0) is 12.0 Å². The van der Waals surface area contributed by atoms with E-state index in [1.54, 1.807) is 32.2 Å². The van der Waals surface area contributed by atoms with Crippen molar-refractivity contribution in [3.8, 4) is 16.9 Å². The van der Waals surface area contributed by atoms with Crippen molar-refractivity contribution < 1.29 is 9.53 Å². The Bertz CT molecular complexity index is 1180. The van der Waals surface area contributed by atoms with Gasteiger partial charge in [-0.2, -0.15) is 0 Å². The Labute approximate surface area is 202 Å². The van der Waals surface area contributed by atoms with E-state index in [1.807, 2.05) is 25.1 Å². The highest BCUT2D eigenvalue weighted by molar-refractivity contribution is 5.92. The average Bonchev–Trinajstić information content (AvgIpc) is 2.83. The van der Waals surface area contributed by atoms with Gasteiger partial charge in [0.15, 0.2) is 0 Å².